The molecule has 3 nitrogen and oxygen atoms in total. The topological polar surface area (TPSA) is 32.3 Å². The molecule has 0 bridgehead atoms. The predicted octanol–water partition coefficient (Wildman–Crippen LogP) is 2.18. The van der Waals surface area contributed by atoms with E-state index in [4.69, 9.17) is 0 Å². The second kappa shape index (κ2) is 5.74. The third kappa shape index (κ3) is 3.57. The van der Waals surface area contributed by atoms with E-state index in [1.807, 2.05) is 0 Å². The van der Waals surface area contributed by atoms with Gasteiger partial charge in [0, 0.05) is 25.0 Å². The van der Waals surface area contributed by atoms with Crippen molar-refractivity contribution in [2.45, 2.75) is 38.3 Å². The first-order chi connectivity index (χ1) is 9.31. The molecule has 0 aromatic heterocycles. The third-order valence-corrected chi connectivity index (χ3v) is 4.05. The van der Waals surface area contributed by atoms with Gasteiger partial charge in [-0.25, -0.2) is 0 Å². The van der Waals surface area contributed by atoms with Crippen molar-refractivity contribution in [3.8, 4) is 0 Å². The summed E-state index contributed by atoms with van der Waals surface area (Å²) in [6.07, 6.45) is 4.49. The van der Waals surface area contributed by atoms with E-state index in [0.717, 1.165) is 38.9 Å². The lowest BCUT2D eigenvalue weighted by Gasteiger charge is -2.33. The minimum absolute atomic E-state index is 0.284. The van der Waals surface area contributed by atoms with Gasteiger partial charge in [0.2, 0.25) is 5.91 Å². The summed E-state index contributed by atoms with van der Waals surface area (Å²) in [7, 11) is 0. The van der Waals surface area contributed by atoms with E-state index in [2.05, 4.69) is 40.5 Å². The highest BCUT2D eigenvalue weighted by atomic mass is 16.2. The summed E-state index contributed by atoms with van der Waals surface area (Å²) >= 11 is 0. The van der Waals surface area contributed by atoms with Gasteiger partial charge in [0.25, 0.3) is 0 Å². The number of nitrogens with one attached hydrogen (secondary N) is 1. The van der Waals surface area contributed by atoms with E-state index in [0.29, 0.717) is 12.0 Å². The quantitative estimate of drug-likeness (QED) is 0.897. The van der Waals surface area contributed by atoms with Gasteiger partial charge in [0.15, 0.2) is 0 Å². The molecule has 19 heavy (non-hydrogen) atoms. The van der Waals surface area contributed by atoms with E-state index in [9.17, 15) is 4.79 Å². The zero-order chi connectivity index (χ0) is 13.1. The van der Waals surface area contributed by atoms with Gasteiger partial charge < -0.3 is 5.32 Å². The number of hydrogen-bond donors (Lipinski definition) is 1. The Kier molecular flexibility index (Phi) is 3.83. The molecule has 1 N–H and O–H groups in total. The molecule has 1 amide bonds. The maximum absolute atomic E-state index is 11.8. The van der Waals surface area contributed by atoms with Crippen LogP contribution in [0, 0.1) is 5.92 Å². The van der Waals surface area contributed by atoms with Crippen LogP contribution in [0.25, 0.3) is 0 Å². The van der Waals surface area contributed by atoms with Gasteiger partial charge in [-0.15, -0.1) is 0 Å². The Morgan fingerprint density at radius 3 is 2.74 bits per heavy atom. The molecule has 1 saturated carbocycles. The standard InChI is InChI=1S/C16H22N2O/c19-16(14-8-9-14)17-15-7-4-10-18(12-15)11-13-5-2-1-3-6-13/h1-3,5-6,14-15H,4,7-12H2,(H,17,19)/t15-/m0/s1. The van der Waals surface area contributed by atoms with E-state index in [-0.39, 0.29) is 5.91 Å². The molecule has 2 fully saturated rings. The molecule has 1 aromatic rings. The average Bonchev–Trinajstić information content (AvgIpc) is 3.24. The second-order valence-corrected chi connectivity index (χ2v) is 5.84. The van der Waals surface area contributed by atoms with Gasteiger partial charge in [-0.1, -0.05) is 30.3 Å². The average molecular weight is 258 g/mol. The molecular weight excluding hydrogens is 236 g/mol. The van der Waals surface area contributed by atoms with Gasteiger partial charge >= 0.3 is 0 Å². The normalized spacial score (nSPS) is 24.1. The van der Waals surface area contributed by atoms with Crippen LogP contribution in [0.2, 0.25) is 0 Å². The second-order valence-electron chi connectivity index (χ2n) is 5.84. The van der Waals surface area contributed by atoms with Crippen molar-refractivity contribution in [3.05, 3.63) is 35.9 Å². The Balaban J connectivity index is 1.51. The van der Waals surface area contributed by atoms with Gasteiger partial charge in [-0.05, 0) is 37.8 Å². The van der Waals surface area contributed by atoms with E-state index >= 15 is 0 Å². The number of hydrogen-bond acceptors (Lipinski definition) is 2. The number of likely N-dealkylation sites (tertiary alicyclic amines) is 1. The molecule has 1 aliphatic carbocycles. The Morgan fingerprint density at radius 1 is 1.21 bits per heavy atom. The van der Waals surface area contributed by atoms with E-state index < -0.39 is 0 Å². The number of piperidine rings is 1. The van der Waals surface area contributed by atoms with Crippen LogP contribution < -0.4 is 5.32 Å². The molecule has 1 atom stereocenters. The van der Waals surface area contributed by atoms with Crippen LogP contribution in [-0.2, 0) is 11.3 Å². The van der Waals surface area contributed by atoms with Crippen LogP contribution in [0.3, 0.4) is 0 Å². The molecule has 1 aromatic carbocycles. The monoisotopic (exact) mass is 258 g/mol. The van der Waals surface area contributed by atoms with E-state index in [1.54, 1.807) is 0 Å². The zero-order valence-corrected chi connectivity index (χ0v) is 11.3. The summed E-state index contributed by atoms with van der Waals surface area (Å²) in [5.74, 6) is 0.607. The number of benzene rings is 1. The van der Waals surface area contributed by atoms with Crippen LogP contribution in [-0.4, -0.2) is 29.9 Å². The summed E-state index contributed by atoms with van der Waals surface area (Å²) in [5.41, 5.74) is 1.36. The number of carbonyl (C=O) groups is 1. The van der Waals surface area contributed by atoms with Crippen LogP contribution in [0.5, 0.6) is 0 Å². The zero-order valence-electron chi connectivity index (χ0n) is 11.3. The first-order valence-electron chi connectivity index (χ1n) is 7.38. The van der Waals surface area contributed by atoms with Crippen molar-refractivity contribution in [1.82, 2.24) is 10.2 Å². The number of nitrogens with zero attached hydrogens (tertiary/aromatic N) is 1. The van der Waals surface area contributed by atoms with Crippen molar-refractivity contribution in [2.75, 3.05) is 13.1 Å². The molecule has 0 spiro atoms. The molecule has 102 valence electrons. The van der Waals surface area contributed by atoms with Crippen LogP contribution in [0.1, 0.15) is 31.2 Å². The van der Waals surface area contributed by atoms with Gasteiger partial charge in [0.1, 0.15) is 0 Å². The summed E-state index contributed by atoms with van der Waals surface area (Å²) < 4.78 is 0. The number of carbonyl (C=O) groups excluding carboxylic acids is 1. The predicted molar refractivity (Wildman–Crippen MR) is 75.6 cm³/mol. The highest BCUT2D eigenvalue weighted by Crippen LogP contribution is 2.29. The lowest BCUT2D eigenvalue weighted by molar-refractivity contribution is -0.123. The minimum atomic E-state index is 0.284. The molecule has 0 unspecified atom stereocenters. The van der Waals surface area contributed by atoms with Crippen molar-refractivity contribution < 1.29 is 4.79 Å². The third-order valence-electron chi connectivity index (χ3n) is 4.05. The SMILES string of the molecule is O=C(N[C@H]1CCCN(Cc2ccccc2)C1)C1CC1. The van der Waals surface area contributed by atoms with Crippen LogP contribution in [0.15, 0.2) is 30.3 Å². The maximum Gasteiger partial charge on any atom is 0.223 e. The smallest absolute Gasteiger partial charge is 0.223 e. The Labute approximate surface area is 115 Å². The molecule has 1 saturated heterocycles. The Bertz CT molecular complexity index is 428. The van der Waals surface area contributed by atoms with Crippen LogP contribution in [0.4, 0.5) is 0 Å². The largest absolute Gasteiger partial charge is 0.352 e. The maximum atomic E-state index is 11.8. The first kappa shape index (κ1) is 12.7. The molecule has 1 heterocycles. The highest BCUT2D eigenvalue weighted by Gasteiger charge is 2.31. The number of rotatable bonds is 4. The fourth-order valence-electron chi connectivity index (χ4n) is 2.82. The fourth-order valence-corrected chi connectivity index (χ4v) is 2.82. The minimum Gasteiger partial charge on any atom is -0.352 e. The Morgan fingerprint density at radius 2 is 2.00 bits per heavy atom. The fraction of sp³-hybridized carbons (Fsp3) is 0.562. The number of amides is 1. The summed E-state index contributed by atoms with van der Waals surface area (Å²) in [4.78, 5) is 14.3. The molecule has 3 rings (SSSR count). The van der Waals surface area contributed by atoms with Crippen molar-refractivity contribution in [2.24, 2.45) is 5.92 Å². The summed E-state index contributed by atoms with van der Waals surface area (Å²) in [6.45, 7) is 3.13. The first-order valence-corrected chi connectivity index (χ1v) is 7.38. The molecule has 1 aliphatic heterocycles. The van der Waals surface area contributed by atoms with Crippen molar-refractivity contribution in [1.29, 1.82) is 0 Å². The molecule has 3 heteroatoms. The van der Waals surface area contributed by atoms with Gasteiger partial charge in [-0.3, -0.25) is 9.69 Å². The Hall–Kier alpha value is -1.35. The lowest BCUT2D eigenvalue weighted by atomic mass is 10.0. The van der Waals surface area contributed by atoms with Crippen molar-refractivity contribution >= 4 is 5.91 Å². The van der Waals surface area contributed by atoms with Crippen molar-refractivity contribution in [3.63, 3.8) is 0 Å². The molecule has 0 radical (unpaired) electrons. The highest BCUT2D eigenvalue weighted by molar-refractivity contribution is 5.81. The molecular formula is C16H22N2O. The summed E-state index contributed by atoms with van der Waals surface area (Å²) in [6, 6.07) is 10.9. The van der Waals surface area contributed by atoms with E-state index in [1.165, 1.54) is 12.0 Å². The molecule has 2 aliphatic rings. The van der Waals surface area contributed by atoms with Crippen LogP contribution >= 0.6 is 0 Å². The lowest BCUT2D eigenvalue weighted by Crippen LogP contribution is -2.47. The van der Waals surface area contributed by atoms with Gasteiger partial charge in [-0.2, -0.15) is 0 Å². The summed E-state index contributed by atoms with van der Waals surface area (Å²) in [5, 5.41) is 3.22. The van der Waals surface area contributed by atoms with Gasteiger partial charge in [0.05, 0.1) is 0 Å².